The van der Waals surface area contributed by atoms with Crippen LogP contribution < -0.4 is 5.32 Å². The van der Waals surface area contributed by atoms with Crippen molar-refractivity contribution in [3.63, 3.8) is 0 Å². The molecule has 0 radical (unpaired) electrons. The van der Waals surface area contributed by atoms with E-state index < -0.39 is 4.92 Å². The van der Waals surface area contributed by atoms with E-state index in [9.17, 15) is 10.1 Å². The number of nitrogens with zero attached hydrogens (tertiary/aromatic N) is 3. The Kier molecular flexibility index (Phi) is 4.39. The molecule has 7 nitrogen and oxygen atoms in total. The van der Waals surface area contributed by atoms with E-state index >= 15 is 0 Å². The largest absolute Gasteiger partial charge is 0.395 e. The lowest BCUT2D eigenvalue weighted by Gasteiger charge is -2.06. The number of rotatable bonds is 5. The van der Waals surface area contributed by atoms with E-state index in [0.29, 0.717) is 12.2 Å². The highest BCUT2D eigenvalue weighted by molar-refractivity contribution is 6.31. The predicted molar refractivity (Wildman–Crippen MR) is 58.6 cm³/mol. The van der Waals surface area contributed by atoms with Gasteiger partial charge in [-0.25, -0.2) is 9.97 Å². The molecular formula is C8H11ClN4O3. The summed E-state index contributed by atoms with van der Waals surface area (Å²) in [5.74, 6) is 0.451. The topological polar surface area (TPSA) is 101 Å². The van der Waals surface area contributed by atoms with Crippen LogP contribution in [-0.2, 0) is 6.42 Å². The van der Waals surface area contributed by atoms with E-state index in [1.807, 2.05) is 6.92 Å². The molecule has 0 saturated heterocycles. The van der Waals surface area contributed by atoms with Gasteiger partial charge in [0.05, 0.1) is 11.5 Å². The van der Waals surface area contributed by atoms with Crippen molar-refractivity contribution in [2.45, 2.75) is 13.3 Å². The summed E-state index contributed by atoms with van der Waals surface area (Å²) in [4.78, 5) is 17.8. The molecule has 0 fully saturated rings. The first-order valence-corrected chi connectivity index (χ1v) is 5.03. The van der Waals surface area contributed by atoms with Crippen LogP contribution in [0.3, 0.4) is 0 Å². The monoisotopic (exact) mass is 246 g/mol. The second-order valence-electron chi connectivity index (χ2n) is 2.89. The molecule has 1 heterocycles. The Hall–Kier alpha value is -1.47. The van der Waals surface area contributed by atoms with E-state index in [-0.39, 0.29) is 29.8 Å². The molecule has 2 N–H and O–H groups in total. The van der Waals surface area contributed by atoms with Crippen LogP contribution in [0.25, 0.3) is 0 Å². The Balaban J connectivity index is 3.17. The van der Waals surface area contributed by atoms with Crippen molar-refractivity contribution in [3.8, 4) is 0 Å². The Labute approximate surface area is 96.6 Å². The molecule has 0 unspecified atom stereocenters. The van der Waals surface area contributed by atoms with Crippen LogP contribution in [0.1, 0.15) is 12.7 Å². The zero-order valence-electron chi connectivity index (χ0n) is 8.60. The van der Waals surface area contributed by atoms with Crippen LogP contribution in [-0.4, -0.2) is 33.1 Å². The van der Waals surface area contributed by atoms with Crippen LogP contribution >= 0.6 is 11.6 Å². The minimum absolute atomic E-state index is 0.0379. The molecule has 0 aliphatic carbocycles. The van der Waals surface area contributed by atoms with Crippen LogP contribution in [0.5, 0.6) is 0 Å². The molecule has 0 amide bonds. The van der Waals surface area contributed by atoms with E-state index in [2.05, 4.69) is 15.3 Å². The summed E-state index contributed by atoms with van der Waals surface area (Å²) in [6.07, 6.45) is 0.519. The number of nitro groups is 1. The van der Waals surface area contributed by atoms with Crippen LogP contribution in [0.15, 0.2) is 0 Å². The standard InChI is InChI=1S/C8H11ClN4O3/c1-2-5-11-7(9)6(13(15)16)8(12-5)10-3-4-14/h14H,2-4H2,1H3,(H,10,11,12). The maximum absolute atomic E-state index is 10.7. The van der Waals surface area contributed by atoms with Crippen LogP contribution in [0, 0.1) is 10.1 Å². The van der Waals surface area contributed by atoms with Gasteiger partial charge >= 0.3 is 5.69 Å². The van der Waals surface area contributed by atoms with Gasteiger partial charge in [-0.15, -0.1) is 0 Å². The summed E-state index contributed by atoms with van der Waals surface area (Å²) in [5, 5.41) is 21.8. The molecule has 8 heteroatoms. The van der Waals surface area contributed by atoms with E-state index in [4.69, 9.17) is 16.7 Å². The molecule has 0 saturated carbocycles. The van der Waals surface area contributed by atoms with Crippen molar-refractivity contribution in [2.75, 3.05) is 18.5 Å². The third-order valence-corrected chi connectivity index (χ3v) is 2.05. The van der Waals surface area contributed by atoms with Gasteiger partial charge in [-0.2, -0.15) is 0 Å². The molecule has 88 valence electrons. The van der Waals surface area contributed by atoms with Crippen molar-refractivity contribution >= 4 is 23.1 Å². The zero-order chi connectivity index (χ0) is 12.1. The Bertz CT molecular complexity index is 399. The second kappa shape index (κ2) is 5.57. The number of aromatic nitrogens is 2. The number of anilines is 1. The fourth-order valence-electron chi connectivity index (χ4n) is 1.09. The Morgan fingerprint density at radius 3 is 2.75 bits per heavy atom. The number of hydrogen-bond donors (Lipinski definition) is 2. The lowest BCUT2D eigenvalue weighted by molar-refractivity contribution is -0.384. The molecule has 1 aromatic rings. The maximum atomic E-state index is 10.7. The van der Waals surface area contributed by atoms with Gasteiger partial charge in [-0.1, -0.05) is 18.5 Å². The number of aliphatic hydroxyl groups is 1. The summed E-state index contributed by atoms with van der Waals surface area (Å²) >= 11 is 5.69. The number of hydrogen-bond acceptors (Lipinski definition) is 6. The summed E-state index contributed by atoms with van der Waals surface area (Å²) in [6.45, 7) is 1.82. The van der Waals surface area contributed by atoms with Gasteiger partial charge in [-0.05, 0) is 0 Å². The molecule has 0 aliphatic heterocycles. The number of nitrogens with one attached hydrogen (secondary N) is 1. The lowest BCUT2D eigenvalue weighted by Crippen LogP contribution is -2.11. The molecule has 16 heavy (non-hydrogen) atoms. The SMILES string of the molecule is CCc1nc(Cl)c([N+](=O)[O-])c(NCCO)n1. The summed E-state index contributed by atoms with van der Waals surface area (Å²) in [6, 6.07) is 0. The van der Waals surface area contributed by atoms with Gasteiger partial charge in [-0.3, -0.25) is 10.1 Å². The minimum Gasteiger partial charge on any atom is -0.395 e. The number of aryl methyl sites for hydroxylation is 1. The molecule has 0 spiro atoms. The molecule has 1 aromatic heterocycles. The number of aliphatic hydroxyl groups excluding tert-OH is 1. The van der Waals surface area contributed by atoms with Crippen molar-refractivity contribution in [3.05, 3.63) is 21.1 Å². The van der Waals surface area contributed by atoms with E-state index in [1.165, 1.54) is 0 Å². The summed E-state index contributed by atoms with van der Waals surface area (Å²) in [5.41, 5.74) is -0.368. The van der Waals surface area contributed by atoms with Crippen molar-refractivity contribution in [1.29, 1.82) is 0 Å². The quantitative estimate of drug-likeness (QED) is 0.457. The smallest absolute Gasteiger partial charge is 0.348 e. The van der Waals surface area contributed by atoms with Crippen LogP contribution in [0.2, 0.25) is 5.15 Å². The lowest BCUT2D eigenvalue weighted by atomic mass is 10.4. The molecule has 0 aliphatic rings. The Morgan fingerprint density at radius 1 is 1.56 bits per heavy atom. The normalized spacial score (nSPS) is 10.2. The van der Waals surface area contributed by atoms with Gasteiger partial charge in [0.15, 0.2) is 0 Å². The van der Waals surface area contributed by atoms with E-state index in [1.54, 1.807) is 0 Å². The first kappa shape index (κ1) is 12.6. The highest BCUT2D eigenvalue weighted by Crippen LogP contribution is 2.29. The summed E-state index contributed by atoms with van der Waals surface area (Å²) < 4.78 is 0. The fraction of sp³-hybridized carbons (Fsp3) is 0.500. The molecule has 0 aromatic carbocycles. The van der Waals surface area contributed by atoms with Crippen molar-refractivity contribution in [1.82, 2.24) is 9.97 Å². The van der Waals surface area contributed by atoms with E-state index in [0.717, 1.165) is 0 Å². The second-order valence-corrected chi connectivity index (χ2v) is 3.25. The van der Waals surface area contributed by atoms with Gasteiger partial charge in [0.25, 0.3) is 0 Å². The molecule has 0 atom stereocenters. The first-order chi connectivity index (χ1) is 7.60. The average molecular weight is 247 g/mol. The zero-order valence-corrected chi connectivity index (χ0v) is 9.36. The van der Waals surface area contributed by atoms with Crippen molar-refractivity contribution in [2.24, 2.45) is 0 Å². The Morgan fingerprint density at radius 2 is 2.25 bits per heavy atom. The third kappa shape index (κ3) is 2.77. The average Bonchev–Trinajstić information content (AvgIpc) is 2.24. The van der Waals surface area contributed by atoms with Crippen LogP contribution in [0.4, 0.5) is 11.5 Å². The summed E-state index contributed by atoms with van der Waals surface area (Å²) in [7, 11) is 0. The molecule has 0 bridgehead atoms. The first-order valence-electron chi connectivity index (χ1n) is 4.65. The maximum Gasteiger partial charge on any atom is 0.348 e. The van der Waals surface area contributed by atoms with Gasteiger partial charge in [0, 0.05) is 13.0 Å². The third-order valence-electron chi connectivity index (χ3n) is 1.79. The van der Waals surface area contributed by atoms with Crippen molar-refractivity contribution < 1.29 is 10.0 Å². The van der Waals surface area contributed by atoms with Gasteiger partial charge in [0.2, 0.25) is 11.0 Å². The minimum atomic E-state index is -0.651. The highest BCUT2D eigenvalue weighted by Gasteiger charge is 2.22. The number of halogens is 1. The molecule has 1 rings (SSSR count). The highest BCUT2D eigenvalue weighted by atomic mass is 35.5. The fourth-order valence-corrected chi connectivity index (χ4v) is 1.34. The molecular weight excluding hydrogens is 236 g/mol. The van der Waals surface area contributed by atoms with Gasteiger partial charge in [0.1, 0.15) is 5.82 Å². The van der Waals surface area contributed by atoms with Gasteiger partial charge < -0.3 is 10.4 Å². The predicted octanol–water partition coefficient (Wildman–Crippen LogP) is 1.00.